The summed E-state index contributed by atoms with van der Waals surface area (Å²) in [4.78, 5) is 41.0. The molecule has 0 radical (unpaired) electrons. The molecule has 9 nitrogen and oxygen atoms in total. The highest BCUT2D eigenvalue weighted by Crippen LogP contribution is 2.31. The van der Waals surface area contributed by atoms with Gasteiger partial charge in [-0.1, -0.05) is 36.4 Å². The molecule has 2 aromatic rings. The van der Waals surface area contributed by atoms with Crippen molar-refractivity contribution in [3.8, 4) is 0 Å². The second-order valence-corrected chi connectivity index (χ2v) is 9.82. The predicted octanol–water partition coefficient (Wildman–Crippen LogP) is 5.08. The number of nitrogens with zero attached hydrogens (tertiary/aromatic N) is 2. The van der Waals surface area contributed by atoms with Crippen LogP contribution in [0.2, 0.25) is 0 Å². The van der Waals surface area contributed by atoms with Crippen molar-refractivity contribution in [2.24, 2.45) is 0 Å². The molecule has 0 saturated carbocycles. The molecule has 11 heteroatoms. The van der Waals surface area contributed by atoms with Gasteiger partial charge in [0.25, 0.3) is 6.43 Å². The molecule has 206 valence electrons. The van der Waals surface area contributed by atoms with E-state index in [9.17, 15) is 23.2 Å². The van der Waals surface area contributed by atoms with Crippen LogP contribution < -0.4 is 5.32 Å². The Morgan fingerprint density at radius 1 is 1.08 bits per heavy atom. The molecule has 2 amide bonds. The standard InChI is InChI=1S/C27H33F2N3O6/c1-27(2,3)38-25(34)30-21-14-19(10-11-20(21)24(33)36-4)22-15-31(16-23(28)29)12-13-32(22)26(35)37-17-18-8-6-5-7-9-18/h5-11,14,22-23H,12-13,15-17H2,1-4H3,(H,30,34). The molecular formula is C27H33F2N3O6. The summed E-state index contributed by atoms with van der Waals surface area (Å²) >= 11 is 0. The van der Waals surface area contributed by atoms with E-state index in [1.165, 1.54) is 24.1 Å². The van der Waals surface area contributed by atoms with Crippen molar-refractivity contribution in [1.82, 2.24) is 9.80 Å². The van der Waals surface area contributed by atoms with Crippen LogP contribution in [-0.4, -0.2) is 73.3 Å². The van der Waals surface area contributed by atoms with Crippen LogP contribution in [-0.2, 0) is 20.8 Å². The number of carbonyl (C=O) groups is 3. The zero-order valence-corrected chi connectivity index (χ0v) is 21.9. The van der Waals surface area contributed by atoms with Crippen molar-refractivity contribution in [2.75, 3.05) is 38.6 Å². The van der Waals surface area contributed by atoms with Crippen molar-refractivity contribution in [1.29, 1.82) is 0 Å². The highest BCUT2D eigenvalue weighted by Gasteiger charge is 2.34. The summed E-state index contributed by atoms with van der Waals surface area (Å²) in [6, 6.07) is 13.0. The van der Waals surface area contributed by atoms with Crippen molar-refractivity contribution in [2.45, 2.75) is 45.4 Å². The van der Waals surface area contributed by atoms with Gasteiger partial charge in [-0.25, -0.2) is 23.2 Å². The number of hydrogen-bond acceptors (Lipinski definition) is 7. The SMILES string of the molecule is COC(=O)c1ccc(C2CN(CC(F)F)CCN2C(=O)OCc2ccccc2)cc1NC(=O)OC(C)(C)C. The number of rotatable bonds is 7. The average Bonchev–Trinajstić information content (AvgIpc) is 2.86. The summed E-state index contributed by atoms with van der Waals surface area (Å²) in [5.41, 5.74) is 0.707. The largest absolute Gasteiger partial charge is 0.465 e. The fourth-order valence-corrected chi connectivity index (χ4v) is 4.08. The summed E-state index contributed by atoms with van der Waals surface area (Å²) < 4.78 is 42.0. The minimum atomic E-state index is -2.54. The van der Waals surface area contributed by atoms with Gasteiger partial charge in [-0.2, -0.15) is 0 Å². The Morgan fingerprint density at radius 2 is 1.79 bits per heavy atom. The highest BCUT2D eigenvalue weighted by atomic mass is 19.3. The lowest BCUT2D eigenvalue weighted by Gasteiger charge is -2.41. The number of ether oxygens (including phenoxy) is 3. The van der Waals surface area contributed by atoms with E-state index < -0.39 is 42.8 Å². The van der Waals surface area contributed by atoms with Crippen molar-refractivity contribution in [3.63, 3.8) is 0 Å². The first-order valence-electron chi connectivity index (χ1n) is 12.2. The van der Waals surface area contributed by atoms with E-state index in [1.54, 1.807) is 31.7 Å². The van der Waals surface area contributed by atoms with E-state index in [2.05, 4.69) is 5.32 Å². The zero-order chi connectivity index (χ0) is 27.9. The molecule has 0 aromatic heterocycles. The first-order valence-corrected chi connectivity index (χ1v) is 12.2. The molecule has 1 N–H and O–H groups in total. The van der Waals surface area contributed by atoms with Crippen LogP contribution in [0.3, 0.4) is 0 Å². The van der Waals surface area contributed by atoms with Gasteiger partial charge in [-0.15, -0.1) is 0 Å². The molecule has 0 aliphatic carbocycles. The van der Waals surface area contributed by atoms with Gasteiger partial charge < -0.3 is 14.2 Å². The molecule has 2 aromatic carbocycles. The molecule has 1 fully saturated rings. The van der Waals surface area contributed by atoms with Crippen molar-refractivity contribution < 1.29 is 37.4 Å². The van der Waals surface area contributed by atoms with Gasteiger partial charge >= 0.3 is 18.2 Å². The normalized spacial score (nSPS) is 16.2. The maximum Gasteiger partial charge on any atom is 0.412 e. The third-order valence-electron chi connectivity index (χ3n) is 5.77. The fraction of sp³-hybridized carbons (Fsp3) is 0.444. The number of halogens is 2. The van der Waals surface area contributed by atoms with Crippen LogP contribution in [0.5, 0.6) is 0 Å². The Labute approximate surface area is 220 Å². The van der Waals surface area contributed by atoms with Crippen molar-refractivity contribution in [3.05, 3.63) is 65.2 Å². The number of nitrogens with one attached hydrogen (secondary N) is 1. The molecule has 38 heavy (non-hydrogen) atoms. The van der Waals surface area contributed by atoms with E-state index in [0.29, 0.717) is 5.56 Å². The Morgan fingerprint density at radius 3 is 2.42 bits per heavy atom. The van der Waals surface area contributed by atoms with Gasteiger partial charge in [0.2, 0.25) is 0 Å². The van der Waals surface area contributed by atoms with Gasteiger partial charge in [0, 0.05) is 19.6 Å². The average molecular weight is 534 g/mol. The topological polar surface area (TPSA) is 97.4 Å². The van der Waals surface area contributed by atoms with E-state index in [4.69, 9.17) is 14.2 Å². The smallest absolute Gasteiger partial charge is 0.412 e. The van der Waals surface area contributed by atoms with E-state index >= 15 is 0 Å². The number of esters is 1. The first-order chi connectivity index (χ1) is 18.0. The molecule has 1 saturated heterocycles. The molecule has 0 spiro atoms. The summed E-state index contributed by atoms with van der Waals surface area (Å²) in [6.45, 7) is 5.19. The van der Waals surface area contributed by atoms with Gasteiger partial charge in [0.05, 0.1) is 30.9 Å². The van der Waals surface area contributed by atoms with Gasteiger partial charge in [-0.05, 0) is 44.0 Å². The monoisotopic (exact) mass is 533 g/mol. The molecule has 0 bridgehead atoms. The second-order valence-electron chi connectivity index (χ2n) is 9.82. The van der Waals surface area contributed by atoms with Crippen LogP contribution in [0.4, 0.5) is 24.1 Å². The highest BCUT2D eigenvalue weighted by molar-refractivity contribution is 6.00. The minimum absolute atomic E-state index is 0.0520. The van der Waals surface area contributed by atoms with Crippen LogP contribution in [0.15, 0.2) is 48.5 Å². The van der Waals surface area contributed by atoms with Crippen LogP contribution in [0.1, 0.15) is 48.3 Å². The second kappa shape index (κ2) is 12.7. The molecule has 1 unspecified atom stereocenters. The lowest BCUT2D eigenvalue weighted by Crippen LogP contribution is -2.51. The van der Waals surface area contributed by atoms with E-state index in [-0.39, 0.29) is 37.5 Å². The third kappa shape index (κ3) is 8.14. The van der Waals surface area contributed by atoms with Gasteiger partial charge in [0.15, 0.2) is 0 Å². The number of amides is 2. The van der Waals surface area contributed by atoms with E-state index in [1.807, 2.05) is 30.3 Å². The molecule has 1 aliphatic rings. The Bertz CT molecular complexity index is 1120. The van der Waals surface area contributed by atoms with Crippen LogP contribution >= 0.6 is 0 Å². The lowest BCUT2D eigenvalue weighted by molar-refractivity contribution is 0.0188. The number of hydrogen-bond donors (Lipinski definition) is 1. The lowest BCUT2D eigenvalue weighted by atomic mass is 9.99. The molecule has 1 aliphatic heterocycles. The molecule has 3 rings (SSSR count). The molecule has 1 heterocycles. The van der Waals surface area contributed by atoms with E-state index in [0.717, 1.165) is 5.56 Å². The number of piperazine rings is 1. The molecule has 1 atom stereocenters. The summed E-state index contributed by atoms with van der Waals surface area (Å²) in [5, 5.41) is 2.57. The number of methoxy groups -OCH3 is 1. The summed E-state index contributed by atoms with van der Waals surface area (Å²) in [6.07, 6.45) is -3.94. The maximum absolute atomic E-state index is 13.2. The van der Waals surface area contributed by atoms with Crippen LogP contribution in [0.25, 0.3) is 0 Å². The van der Waals surface area contributed by atoms with Crippen LogP contribution in [0, 0.1) is 0 Å². The Kier molecular flexibility index (Phi) is 9.62. The van der Waals surface area contributed by atoms with Crippen molar-refractivity contribution >= 4 is 23.8 Å². The molecular weight excluding hydrogens is 500 g/mol. The number of anilines is 1. The summed E-state index contributed by atoms with van der Waals surface area (Å²) in [7, 11) is 1.21. The zero-order valence-electron chi connectivity index (χ0n) is 21.9. The summed E-state index contributed by atoms with van der Waals surface area (Å²) in [5.74, 6) is -0.690. The van der Waals surface area contributed by atoms with Gasteiger partial charge in [-0.3, -0.25) is 15.1 Å². The third-order valence-corrected chi connectivity index (χ3v) is 5.77. The Hall–Kier alpha value is -3.73. The fourth-order valence-electron chi connectivity index (χ4n) is 4.08. The number of benzene rings is 2. The van der Waals surface area contributed by atoms with Gasteiger partial charge in [0.1, 0.15) is 12.2 Å². The predicted molar refractivity (Wildman–Crippen MR) is 136 cm³/mol. The quantitative estimate of drug-likeness (QED) is 0.392. The Balaban J connectivity index is 1.91. The number of alkyl halides is 2. The minimum Gasteiger partial charge on any atom is -0.465 e. The maximum atomic E-state index is 13.2. The first kappa shape index (κ1) is 28.8. The number of carbonyl (C=O) groups excluding carboxylic acids is 3.